The van der Waals surface area contributed by atoms with Crippen LogP contribution in [0.2, 0.25) is 0 Å². The Labute approximate surface area is 110 Å². The number of nitrogen functional groups attached to an aromatic ring is 1. The predicted octanol–water partition coefficient (Wildman–Crippen LogP) is 3.93. The Morgan fingerprint density at radius 3 is 2.31 bits per heavy atom. The van der Waals surface area contributed by atoms with Crippen molar-refractivity contribution in [3.8, 4) is 0 Å². The van der Waals surface area contributed by atoms with Crippen LogP contribution in [0, 0.1) is 0 Å². The second-order valence-electron chi connectivity index (χ2n) is 3.20. The van der Waals surface area contributed by atoms with Crippen LogP contribution in [0.25, 0.3) is 0 Å². The average Bonchev–Trinajstić information content (AvgIpc) is 2.26. The summed E-state index contributed by atoms with van der Waals surface area (Å²) < 4.78 is 1.95. The summed E-state index contributed by atoms with van der Waals surface area (Å²) in [5, 5.41) is 3.21. The minimum atomic E-state index is 0.650. The molecule has 0 radical (unpaired) electrons. The molecule has 3 N–H and O–H groups in total. The van der Waals surface area contributed by atoms with Gasteiger partial charge in [-0.1, -0.05) is 6.07 Å². The van der Waals surface area contributed by atoms with Gasteiger partial charge in [-0.25, -0.2) is 4.98 Å². The van der Waals surface area contributed by atoms with Gasteiger partial charge < -0.3 is 11.1 Å². The van der Waals surface area contributed by atoms with E-state index in [9.17, 15) is 0 Å². The van der Waals surface area contributed by atoms with Crippen molar-refractivity contribution in [2.45, 2.75) is 0 Å². The number of aromatic nitrogens is 1. The lowest BCUT2D eigenvalue weighted by molar-refractivity contribution is 1.30. The minimum Gasteiger partial charge on any atom is -0.397 e. The fraction of sp³-hybridized carbons (Fsp3) is 0. The molecule has 0 saturated carbocycles. The highest BCUT2D eigenvalue weighted by Crippen LogP contribution is 2.32. The number of para-hydroxylation sites is 1. The number of benzene rings is 1. The Morgan fingerprint density at radius 2 is 1.75 bits per heavy atom. The van der Waals surface area contributed by atoms with Crippen molar-refractivity contribution in [1.29, 1.82) is 0 Å². The summed E-state index contributed by atoms with van der Waals surface area (Å²) in [5.74, 6) is 0.752. The SMILES string of the molecule is Nc1ccc(Nc2c(Br)cccc2Br)nc1. The Morgan fingerprint density at radius 1 is 1.06 bits per heavy atom. The number of pyridine rings is 1. The lowest BCUT2D eigenvalue weighted by atomic mass is 10.3. The van der Waals surface area contributed by atoms with E-state index >= 15 is 0 Å². The third kappa shape index (κ3) is 2.54. The lowest BCUT2D eigenvalue weighted by Gasteiger charge is -2.09. The number of rotatable bonds is 2. The van der Waals surface area contributed by atoms with Crippen LogP contribution in [0.1, 0.15) is 0 Å². The summed E-state index contributed by atoms with van der Waals surface area (Å²) >= 11 is 6.95. The number of hydrogen-bond acceptors (Lipinski definition) is 3. The molecule has 0 unspecified atom stereocenters. The van der Waals surface area contributed by atoms with E-state index in [4.69, 9.17) is 5.73 Å². The molecule has 2 rings (SSSR count). The van der Waals surface area contributed by atoms with Gasteiger partial charge in [-0.2, -0.15) is 0 Å². The number of nitrogens with zero attached hydrogens (tertiary/aromatic N) is 1. The normalized spacial score (nSPS) is 10.1. The monoisotopic (exact) mass is 341 g/mol. The van der Waals surface area contributed by atoms with Crippen LogP contribution in [0.15, 0.2) is 45.5 Å². The quantitative estimate of drug-likeness (QED) is 0.869. The summed E-state index contributed by atoms with van der Waals surface area (Å²) in [6.45, 7) is 0. The van der Waals surface area contributed by atoms with Gasteiger partial charge in [0.05, 0.1) is 17.6 Å². The van der Waals surface area contributed by atoms with Gasteiger partial charge in [0, 0.05) is 8.95 Å². The topological polar surface area (TPSA) is 50.9 Å². The van der Waals surface area contributed by atoms with Crippen molar-refractivity contribution in [2.24, 2.45) is 0 Å². The number of nitrogens with two attached hydrogens (primary N) is 1. The van der Waals surface area contributed by atoms with Crippen LogP contribution in [0.3, 0.4) is 0 Å². The first-order valence-corrected chi connectivity index (χ1v) is 6.18. The molecule has 0 aliphatic rings. The zero-order valence-corrected chi connectivity index (χ0v) is 11.4. The molecule has 1 heterocycles. The highest BCUT2D eigenvalue weighted by Gasteiger charge is 2.04. The highest BCUT2D eigenvalue weighted by molar-refractivity contribution is 9.11. The summed E-state index contributed by atoms with van der Waals surface area (Å²) in [5.41, 5.74) is 7.17. The van der Waals surface area contributed by atoms with Crippen molar-refractivity contribution in [3.63, 3.8) is 0 Å². The van der Waals surface area contributed by atoms with Gasteiger partial charge >= 0.3 is 0 Å². The summed E-state index contributed by atoms with van der Waals surface area (Å²) in [6.07, 6.45) is 1.62. The molecular weight excluding hydrogens is 334 g/mol. The Balaban J connectivity index is 2.30. The molecule has 0 aliphatic heterocycles. The van der Waals surface area contributed by atoms with E-state index in [-0.39, 0.29) is 0 Å². The predicted molar refractivity (Wildman–Crippen MR) is 73.8 cm³/mol. The van der Waals surface area contributed by atoms with E-state index in [1.54, 1.807) is 12.3 Å². The molecule has 0 spiro atoms. The number of nitrogens with one attached hydrogen (secondary N) is 1. The highest BCUT2D eigenvalue weighted by atomic mass is 79.9. The maximum Gasteiger partial charge on any atom is 0.130 e. The van der Waals surface area contributed by atoms with Crippen LogP contribution >= 0.6 is 31.9 Å². The molecule has 2 aromatic rings. The molecule has 1 aromatic heterocycles. The maximum absolute atomic E-state index is 5.57. The molecule has 0 aliphatic carbocycles. The van der Waals surface area contributed by atoms with Crippen molar-refractivity contribution >= 4 is 49.1 Å². The fourth-order valence-corrected chi connectivity index (χ4v) is 2.42. The van der Waals surface area contributed by atoms with E-state index in [2.05, 4.69) is 42.2 Å². The zero-order chi connectivity index (χ0) is 11.5. The molecule has 0 saturated heterocycles. The molecule has 0 atom stereocenters. The Bertz CT molecular complexity index is 477. The summed E-state index contributed by atoms with van der Waals surface area (Å²) in [6, 6.07) is 9.52. The van der Waals surface area contributed by atoms with Crippen molar-refractivity contribution in [2.75, 3.05) is 11.1 Å². The second-order valence-corrected chi connectivity index (χ2v) is 4.91. The van der Waals surface area contributed by atoms with E-state index < -0.39 is 0 Å². The first kappa shape index (κ1) is 11.4. The first-order chi connectivity index (χ1) is 7.66. The van der Waals surface area contributed by atoms with Crippen LogP contribution in [-0.2, 0) is 0 Å². The standard InChI is InChI=1S/C11H9Br2N3/c12-8-2-1-3-9(13)11(8)16-10-5-4-7(14)6-15-10/h1-6H,14H2,(H,15,16). The minimum absolute atomic E-state index is 0.650. The maximum atomic E-state index is 5.57. The zero-order valence-electron chi connectivity index (χ0n) is 8.24. The van der Waals surface area contributed by atoms with Crippen LogP contribution in [-0.4, -0.2) is 4.98 Å². The van der Waals surface area contributed by atoms with E-state index in [0.717, 1.165) is 20.5 Å². The number of anilines is 3. The summed E-state index contributed by atoms with van der Waals surface area (Å²) in [4.78, 5) is 4.18. The fourth-order valence-electron chi connectivity index (χ4n) is 1.22. The van der Waals surface area contributed by atoms with Crippen LogP contribution < -0.4 is 11.1 Å². The van der Waals surface area contributed by atoms with Crippen molar-refractivity contribution < 1.29 is 0 Å². The Kier molecular flexibility index (Phi) is 3.46. The van der Waals surface area contributed by atoms with Gasteiger partial charge in [-0.05, 0) is 56.1 Å². The first-order valence-electron chi connectivity index (χ1n) is 4.59. The van der Waals surface area contributed by atoms with E-state index in [1.807, 2.05) is 24.3 Å². The molecule has 16 heavy (non-hydrogen) atoms. The van der Waals surface area contributed by atoms with Crippen molar-refractivity contribution in [3.05, 3.63) is 45.5 Å². The van der Waals surface area contributed by atoms with E-state index in [0.29, 0.717) is 5.69 Å². The van der Waals surface area contributed by atoms with Gasteiger partial charge in [0.2, 0.25) is 0 Å². The van der Waals surface area contributed by atoms with Gasteiger partial charge in [0.25, 0.3) is 0 Å². The smallest absolute Gasteiger partial charge is 0.130 e. The van der Waals surface area contributed by atoms with Crippen molar-refractivity contribution in [1.82, 2.24) is 4.98 Å². The third-order valence-electron chi connectivity index (χ3n) is 2.00. The van der Waals surface area contributed by atoms with Gasteiger partial charge in [0.1, 0.15) is 5.82 Å². The molecule has 3 nitrogen and oxygen atoms in total. The van der Waals surface area contributed by atoms with Crippen LogP contribution in [0.4, 0.5) is 17.2 Å². The van der Waals surface area contributed by atoms with Gasteiger partial charge in [0.15, 0.2) is 0 Å². The lowest BCUT2D eigenvalue weighted by Crippen LogP contribution is -1.96. The summed E-state index contributed by atoms with van der Waals surface area (Å²) in [7, 11) is 0. The number of halogens is 2. The molecule has 82 valence electrons. The van der Waals surface area contributed by atoms with Gasteiger partial charge in [-0.15, -0.1) is 0 Å². The van der Waals surface area contributed by atoms with Gasteiger partial charge in [-0.3, -0.25) is 0 Å². The molecule has 5 heteroatoms. The molecule has 0 fully saturated rings. The van der Waals surface area contributed by atoms with E-state index in [1.165, 1.54) is 0 Å². The molecular formula is C11H9Br2N3. The molecule has 0 bridgehead atoms. The molecule has 0 amide bonds. The largest absolute Gasteiger partial charge is 0.397 e. The van der Waals surface area contributed by atoms with Crippen LogP contribution in [0.5, 0.6) is 0 Å². The second kappa shape index (κ2) is 4.84. The average molecular weight is 343 g/mol. The number of hydrogen-bond donors (Lipinski definition) is 2. The Hall–Kier alpha value is -1.07. The molecule has 1 aromatic carbocycles. The third-order valence-corrected chi connectivity index (χ3v) is 3.32.